The quantitative estimate of drug-likeness (QED) is 0.842. The summed E-state index contributed by atoms with van der Waals surface area (Å²) < 4.78 is 8.25. The number of aryl methyl sites for hydroxylation is 1. The normalized spacial score (nSPS) is 14.9. The van der Waals surface area contributed by atoms with Crippen molar-refractivity contribution >= 4 is 15.9 Å². The summed E-state index contributed by atoms with van der Waals surface area (Å²) in [5.41, 5.74) is 0.805. The van der Waals surface area contributed by atoms with E-state index in [1.165, 1.54) is 0 Å². The van der Waals surface area contributed by atoms with Crippen molar-refractivity contribution in [2.24, 2.45) is 0 Å². The summed E-state index contributed by atoms with van der Waals surface area (Å²) in [6, 6.07) is 0. The van der Waals surface area contributed by atoms with Crippen LogP contribution in [-0.2, 0) is 11.3 Å². The van der Waals surface area contributed by atoms with E-state index in [-0.39, 0.29) is 6.10 Å². The van der Waals surface area contributed by atoms with Gasteiger partial charge < -0.3 is 9.84 Å². The third kappa shape index (κ3) is 3.53. The average Bonchev–Trinajstić information content (AvgIpc) is 2.69. The maximum absolute atomic E-state index is 10.4. The van der Waals surface area contributed by atoms with Crippen molar-refractivity contribution in [1.82, 2.24) is 9.78 Å². The number of aliphatic hydroxyl groups is 1. The summed E-state index contributed by atoms with van der Waals surface area (Å²) in [6.07, 6.45) is 2.75. The van der Waals surface area contributed by atoms with E-state index in [0.717, 1.165) is 29.6 Å². The fourth-order valence-corrected chi connectivity index (χ4v) is 2.46. The van der Waals surface area contributed by atoms with Gasteiger partial charge in [0.15, 0.2) is 0 Å². The van der Waals surface area contributed by atoms with Crippen molar-refractivity contribution in [2.45, 2.75) is 52.4 Å². The van der Waals surface area contributed by atoms with Gasteiger partial charge >= 0.3 is 0 Å². The van der Waals surface area contributed by atoms with Crippen LogP contribution in [0.5, 0.6) is 0 Å². The molecule has 0 aliphatic rings. The van der Waals surface area contributed by atoms with Gasteiger partial charge in [-0.1, -0.05) is 13.3 Å². The van der Waals surface area contributed by atoms with Gasteiger partial charge in [-0.05, 0) is 36.2 Å². The van der Waals surface area contributed by atoms with Gasteiger partial charge in [0.05, 0.1) is 22.5 Å². The first-order chi connectivity index (χ1) is 8.15. The molecule has 1 rings (SSSR count). The summed E-state index contributed by atoms with van der Waals surface area (Å²) in [4.78, 5) is 0. The minimum absolute atomic E-state index is 0.164. The minimum Gasteiger partial charge on any atom is -0.384 e. The SMILES string of the molecule is CCCC(OCC)C(O)c1c(Br)cnn1CC. The highest BCUT2D eigenvalue weighted by molar-refractivity contribution is 9.10. The predicted molar refractivity (Wildman–Crippen MR) is 70.9 cm³/mol. The van der Waals surface area contributed by atoms with Gasteiger partial charge in [-0.15, -0.1) is 0 Å². The van der Waals surface area contributed by atoms with Gasteiger partial charge in [-0.3, -0.25) is 4.68 Å². The first-order valence-electron chi connectivity index (χ1n) is 6.16. The summed E-state index contributed by atoms with van der Waals surface area (Å²) in [5.74, 6) is 0. The number of halogens is 1. The molecular weight excluding hydrogens is 284 g/mol. The Kier molecular flexibility index (Phi) is 6.16. The Bertz CT molecular complexity index is 335. The molecule has 4 nitrogen and oxygen atoms in total. The topological polar surface area (TPSA) is 47.3 Å². The number of ether oxygens (including phenoxy) is 1. The smallest absolute Gasteiger partial charge is 0.123 e. The van der Waals surface area contributed by atoms with E-state index in [9.17, 15) is 5.11 Å². The first-order valence-corrected chi connectivity index (χ1v) is 6.95. The molecule has 2 unspecified atom stereocenters. The zero-order valence-electron chi connectivity index (χ0n) is 10.7. The third-order valence-corrected chi connectivity index (χ3v) is 3.33. The number of nitrogens with zero attached hydrogens (tertiary/aromatic N) is 2. The molecular formula is C12H21BrN2O2. The lowest BCUT2D eigenvalue weighted by atomic mass is 10.1. The van der Waals surface area contributed by atoms with E-state index in [1.54, 1.807) is 10.9 Å². The van der Waals surface area contributed by atoms with Gasteiger partial charge in [0.2, 0.25) is 0 Å². The summed E-state index contributed by atoms with van der Waals surface area (Å²) in [5, 5.41) is 14.6. The molecule has 0 spiro atoms. The highest BCUT2D eigenvalue weighted by atomic mass is 79.9. The maximum Gasteiger partial charge on any atom is 0.123 e. The van der Waals surface area contributed by atoms with Crippen molar-refractivity contribution in [3.63, 3.8) is 0 Å². The van der Waals surface area contributed by atoms with Gasteiger partial charge in [-0.25, -0.2) is 0 Å². The van der Waals surface area contributed by atoms with Crippen LogP contribution in [0.2, 0.25) is 0 Å². The van der Waals surface area contributed by atoms with Crippen LogP contribution in [0.3, 0.4) is 0 Å². The second-order valence-corrected chi connectivity index (χ2v) is 4.78. The maximum atomic E-state index is 10.4. The average molecular weight is 305 g/mol. The van der Waals surface area contributed by atoms with Crippen LogP contribution in [0.15, 0.2) is 10.7 Å². The molecule has 0 aliphatic heterocycles. The molecule has 1 heterocycles. The van der Waals surface area contributed by atoms with Gasteiger partial charge in [0.25, 0.3) is 0 Å². The lowest BCUT2D eigenvalue weighted by molar-refractivity contribution is -0.0422. The summed E-state index contributed by atoms with van der Waals surface area (Å²) in [7, 11) is 0. The Hall–Kier alpha value is -0.390. The molecule has 1 aromatic heterocycles. The zero-order chi connectivity index (χ0) is 12.8. The van der Waals surface area contributed by atoms with Crippen LogP contribution < -0.4 is 0 Å². The summed E-state index contributed by atoms with van der Waals surface area (Å²) >= 11 is 3.43. The predicted octanol–water partition coefficient (Wildman–Crippen LogP) is 2.90. The molecule has 17 heavy (non-hydrogen) atoms. The molecule has 2 atom stereocenters. The molecule has 98 valence electrons. The molecule has 1 aromatic rings. The molecule has 0 bridgehead atoms. The molecule has 0 saturated carbocycles. The standard InChI is InChI=1S/C12H21BrN2O2/c1-4-7-10(17-6-3)12(16)11-9(13)8-14-15(11)5-2/h8,10,12,16H,4-7H2,1-3H3. The molecule has 5 heteroatoms. The Morgan fingerprint density at radius 1 is 1.47 bits per heavy atom. The fraction of sp³-hybridized carbons (Fsp3) is 0.750. The molecule has 0 aromatic carbocycles. The van der Waals surface area contributed by atoms with Gasteiger partial charge in [0, 0.05) is 13.2 Å². The lowest BCUT2D eigenvalue weighted by Crippen LogP contribution is -2.25. The van der Waals surface area contributed by atoms with E-state index in [0.29, 0.717) is 6.61 Å². The third-order valence-electron chi connectivity index (χ3n) is 2.72. The largest absolute Gasteiger partial charge is 0.384 e. The van der Waals surface area contributed by atoms with Crippen molar-refractivity contribution in [3.05, 3.63) is 16.4 Å². The molecule has 0 amide bonds. The van der Waals surface area contributed by atoms with Crippen molar-refractivity contribution in [2.75, 3.05) is 6.61 Å². The van der Waals surface area contributed by atoms with Gasteiger partial charge in [0.1, 0.15) is 6.10 Å². The van der Waals surface area contributed by atoms with Crippen LogP contribution in [-0.4, -0.2) is 27.6 Å². The number of hydrogen-bond donors (Lipinski definition) is 1. The number of rotatable bonds is 7. The highest BCUT2D eigenvalue weighted by Gasteiger charge is 2.26. The van der Waals surface area contributed by atoms with Crippen LogP contribution in [0.1, 0.15) is 45.4 Å². The molecule has 0 fully saturated rings. The Balaban J connectivity index is 2.90. The molecule has 0 aliphatic carbocycles. The zero-order valence-corrected chi connectivity index (χ0v) is 12.3. The lowest BCUT2D eigenvalue weighted by Gasteiger charge is -2.23. The van der Waals surface area contributed by atoms with Gasteiger partial charge in [-0.2, -0.15) is 5.10 Å². The van der Waals surface area contributed by atoms with E-state index in [1.807, 2.05) is 13.8 Å². The Labute approximate surface area is 111 Å². The Morgan fingerprint density at radius 2 is 2.18 bits per heavy atom. The molecule has 0 saturated heterocycles. The van der Waals surface area contributed by atoms with Crippen molar-refractivity contribution in [1.29, 1.82) is 0 Å². The monoisotopic (exact) mass is 304 g/mol. The van der Waals surface area contributed by atoms with E-state index in [4.69, 9.17) is 4.74 Å². The fourth-order valence-electron chi connectivity index (χ4n) is 1.92. The van der Waals surface area contributed by atoms with E-state index in [2.05, 4.69) is 28.0 Å². The molecule has 1 N–H and O–H groups in total. The number of hydrogen-bond acceptors (Lipinski definition) is 3. The van der Waals surface area contributed by atoms with Crippen LogP contribution >= 0.6 is 15.9 Å². The second kappa shape index (κ2) is 7.13. The number of aromatic nitrogens is 2. The van der Waals surface area contributed by atoms with Crippen LogP contribution in [0.4, 0.5) is 0 Å². The van der Waals surface area contributed by atoms with Crippen molar-refractivity contribution < 1.29 is 9.84 Å². The number of aliphatic hydroxyl groups excluding tert-OH is 1. The van der Waals surface area contributed by atoms with E-state index >= 15 is 0 Å². The second-order valence-electron chi connectivity index (χ2n) is 3.92. The van der Waals surface area contributed by atoms with Crippen LogP contribution in [0.25, 0.3) is 0 Å². The summed E-state index contributed by atoms with van der Waals surface area (Å²) in [6.45, 7) is 7.39. The molecule has 0 radical (unpaired) electrons. The van der Waals surface area contributed by atoms with Crippen molar-refractivity contribution in [3.8, 4) is 0 Å². The van der Waals surface area contributed by atoms with E-state index < -0.39 is 6.10 Å². The Morgan fingerprint density at radius 3 is 2.71 bits per heavy atom. The first kappa shape index (κ1) is 14.7. The minimum atomic E-state index is -0.633. The highest BCUT2D eigenvalue weighted by Crippen LogP contribution is 2.28. The van der Waals surface area contributed by atoms with Crippen LogP contribution in [0, 0.1) is 0 Å².